The molecule has 30 heavy (non-hydrogen) atoms. The molecule has 0 radical (unpaired) electrons. The van der Waals surface area contributed by atoms with Gasteiger partial charge in [-0.1, -0.05) is 6.07 Å². The molecule has 2 N–H and O–H groups in total. The Balaban J connectivity index is 1.57. The van der Waals surface area contributed by atoms with E-state index in [-0.39, 0.29) is 23.9 Å². The Morgan fingerprint density at radius 1 is 1.40 bits per heavy atom. The number of ether oxygens (including phenoxy) is 1. The highest BCUT2D eigenvalue weighted by atomic mass is 16.5. The van der Waals surface area contributed by atoms with Gasteiger partial charge in [-0.2, -0.15) is 0 Å². The van der Waals surface area contributed by atoms with E-state index in [1.807, 2.05) is 18.3 Å². The molecule has 1 aliphatic heterocycles. The zero-order valence-electron chi connectivity index (χ0n) is 17.6. The average Bonchev–Trinajstić information content (AvgIpc) is 3.37. The number of aryl methyl sites for hydroxylation is 1. The Bertz CT molecular complexity index is 1080. The molecule has 0 unspecified atom stereocenters. The van der Waals surface area contributed by atoms with Crippen LogP contribution >= 0.6 is 0 Å². The first-order valence-corrected chi connectivity index (χ1v) is 9.94. The number of carbonyl (C=O) groups excluding carboxylic acids is 1. The highest BCUT2D eigenvalue weighted by Gasteiger charge is 2.24. The molecule has 1 atom stereocenters. The van der Waals surface area contributed by atoms with Crippen LogP contribution in [-0.2, 0) is 13.0 Å². The fourth-order valence-corrected chi connectivity index (χ4v) is 3.75. The van der Waals surface area contributed by atoms with Crippen LogP contribution in [0.4, 0.5) is 5.82 Å². The van der Waals surface area contributed by atoms with E-state index >= 15 is 0 Å². The molecule has 9 nitrogen and oxygen atoms in total. The molecule has 0 saturated heterocycles. The third kappa shape index (κ3) is 3.93. The van der Waals surface area contributed by atoms with Gasteiger partial charge in [0.2, 0.25) is 5.88 Å². The molecule has 0 aliphatic carbocycles. The molecule has 1 aliphatic rings. The maximum absolute atomic E-state index is 12.8. The van der Waals surface area contributed by atoms with E-state index in [1.165, 1.54) is 11.8 Å². The number of pyridine rings is 1. The molecular formula is C21H26N6O3. The zero-order valence-corrected chi connectivity index (χ0v) is 17.6. The Labute approximate surface area is 174 Å². The second-order valence-corrected chi connectivity index (χ2v) is 8.24. The van der Waals surface area contributed by atoms with Gasteiger partial charge in [-0.25, -0.2) is 9.97 Å². The molecule has 0 aromatic carbocycles. The second-order valence-electron chi connectivity index (χ2n) is 8.24. The molecule has 158 valence electrons. The predicted octanol–water partition coefficient (Wildman–Crippen LogP) is 2.68. The van der Waals surface area contributed by atoms with Crippen LogP contribution in [0.1, 0.15) is 49.4 Å². The number of methoxy groups -OCH3 is 1. The highest BCUT2D eigenvalue weighted by molar-refractivity contribution is 6.05. The van der Waals surface area contributed by atoms with Gasteiger partial charge in [0.15, 0.2) is 0 Å². The molecule has 4 rings (SSSR count). The number of amides is 1. The summed E-state index contributed by atoms with van der Waals surface area (Å²) in [6, 6.07) is 5.88. The quantitative estimate of drug-likeness (QED) is 0.647. The maximum atomic E-state index is 12.8. The fraction of sp³-hybridized carbons (Fsp3) is 0.429. The largest absolute Gasteiger partial charge is 0.479 e. The van der Waals surface area contributed by atoms with Crippen LogP contribution < -0.4 is 10.1 Å². The molecule has 3 aromatic rings. The maximum Gasteiger partial charge on any atom is 0.263 e. The lowest BCUT2D eigenvalue weighted by molar-refractivity contribution is 0.0573. The summed E-state index contributed by atoms with van der Waals surface area (Å²) >= 11 is 0. The SMILES string of the molecule is COc1nn(CC(C)(C)O)cc1C(=O)Nc1cccc(-c2cnc3n2[C@@H](C)CC3)n1. The minimum absolute atomic E-state index is 0.190. The molecule has 0 spiro atoms. The summed E-state index contributed by atoms with van der Waals surface area (Å²) in [4.78, 5) is 22.0. The molecule has 1 amide bonds. The summed E-state index contributed by atoms with van der Waals surface area (Å²) in [6.07, 6.45) is 5.43. The number of rotatable bonds is 6. The smallest absolute Gasteiger partial charge is 0.263 e. The molecule has 0 bridgehead atoms. The lowest BCUT2D eigenvalue weighted by Crippen LogP contribution is -2.26. The zero-order chi connectivity index (χ0) is 21.5. The second kappa shape index (κ2) is 7.56. The van der Waals surface area contributed by atoms with E-state index in [4.69, 9.17) is 4.74 Å². The van der Waals surface area contributed by atoms with E-state index in [2.05, 4.69) is 31.9 Å². The predicted molar refractivity (Wildman–Crippen MR) is 112 cm³/mol. The van der Waals surface area contributed by atoms with E-state index in [1.54, 1.807) is 26.1 Å². The summed E-state index contributed by atoms with van der Waals surface area (Å²) in [7, 11) is 1.45. The van der Waals surface area contributed by atoms with Crippen LogP contribution in [0, 0.1) is 0 Å². The van der Waals surface area contributed by atoms with Gasteiger partial charge in [0.25, 0.3) is 5.91 Å². The Hall–Kier alpha value is -3.20. The monoisotopic (exact) mass is 410 g/mol. The van der Waals surface area contributed by atoms with Crippen molar-refractivity contribution >= 4 is 11.7 Å². The first-order valence-electron chi connectivity index (χ1n) is 9.94. The van der Waals surface area contributed by atoms with E-state index in [0.717, 1.165) is 30.1 Å². The minimum Gasteiger partial charge on any atom is -0.479 e. The van der Waals surface area contributed by atoms with Gasteiger partial charge in [0.05, 0.1) is 36.8 Å². The summed E-state index contributed by atoms with van der Waals surface area (Å²) < 4.78 is 8.94. The van der Waals surface area contributed by atoms with Crippen molar-refractivity contribution in [2.45, 2.75) is 51.8 Å². The van der Waals surface area contributed by atoms with Gasteiger partial charge in [0, 0.05) is 18.7 Å². The highest BCUT2D eigenvalue weighted by Crippen LogP contribution is 2.31. The third-order valence-electron chi connectivity index (χ3n) is 5.07. The number of nitrogens with one attached hydrogen (secondary N) is 1. The van der Waals surface area contributed by atoms with Crippen molar-refractivity contribution in [3.63, 3.8) is 0 Å². The Morgan fingerprint density at radius 3 is 2.93 bits per heavy atom. The van der Waals surface area contributed by atoms with Crippen molar-refractivity contribution in [1.29, 1.82) is 0 Å². The van der Waals surface area contributed by atoms with Crippen molar-refractivity contribution in [1.82, 2.24) is 24.3 Å². The van der Waals surface area contributed by atoms with Gasteiger partial charge in [0.1, 0.15) is 17.2 Å². The topological polar surface area (TPSA) is 107 Å². The van der Waals surface area contributed by atoms with Gasteiger partial charge in [-0.15, -0.1) is 5.10 Å². The number of nitrogens with zero attached hydrogens (tertiary/aromatic N) is 5. The van der Waals surface area contributed by atoms with Gasteiger partial charge >= 0.3 is 0 Å². The van der Waals surface area contributed by atoms with Crippen LogP contribution in [0.2, 0.25) is 0 Å². The lowest BCUT2D eigenvalue weighted by Gasteiger charge is -2.16. The molecule has 9 heteroatoms. The van der Waals surface area contributed by atoms with Crippen LogP contribution in [0.5, 0.6) is 5.88 Å². The van der Waals surface area contributed by atoms with Crippen molar-refractivity contribution < 1.29 is 14.6 Å². The van der Waals surface area contributed by atoms with Crippen molar-refractivity contribution in [2.24, 2.45) is 0 Å². The fourth-order valence-electron chi connectivity index (χ4n) is 3.75. The lowest BCUT2D eigenvalue weighted by atomic mass is 10.1. The van der Waals surface area contributed by atoms with E-state index in [0.29, 0.717) is 11.9 Å². The van der Waals surface area contributed by atoms with Crippen LogP contribution in [0.15, 0.2) is 30.6 Å². The number of imidazole rings is 1. The first kappa shape index (κ1) is 20.1. The molecule has 0 fully saturated rings. The van der Waals surface area contributed by atoms with E-state index in [9.17, 15) is 9.90 Å². The Morgan fingerprint density at radius 2 is 2.20 bits per heavy atom. The van der Waals surface area contributed by atoms with Crippen LogP contribution in [0.3, 0.4) is 0 Å². The normalized spacial score (nSPS) is 15.8. The number of carbonyl (C=O) groups is 1. The van der Waals surface area contributed by atoms with Crippen molar-refractivity contribution in [3.05, 3.63) is 42.0 Å². The summed E-state index contributed by atoms with van der Waals surface area (Å²) in [5.41, 5.74) is 1.00. The molecule has 4 heterocycles. The molecule has 3 aromatic heterocycles. The van der Waals surface area contributed by atoms with Gasteiger partial charge < -0.3 is 19.7 Å². The van der Waals surface area contributed by atoms with Crippen molar-refractivity contribution in [2.75, 3.05) is 12.4 Å². The standard InChI is InChI=1S/C21H26N6O3/c1-13-8-9-18-22-10-16(27(13)18)15-6-5-7-17(23-15)24-19(28)14-11-26(12-21(2,3)29)25-20(14)30-4/h5-7,10-11,13,29H,8-9,12H2,1-4H3,(H,23,24,28)/t13-/m0/s1. The number of aliphatic hydroxyl groups is 1. The number of fused-ring (bicyclic) bond motifs is 1. The molecule has 0 saturated carbocycles. The van der Waals surface area contributed by atoms with E-state index < -0.39 is 5.60 Å². The summed E-state index contributed by atoms with van der Waals surface area (Å²) in [5.74, 6) is 1.30. The van der Waals surface area contributed by atoms with Crippen molar-refractivity contribution in [3.8, 4) is 17.3 Å². The number of anilines is 1. The number of hydrogen-bond donors (Lipinski definition) is 2. The summed E-state index contributed by atoms with van der Waals surface area (Å²) in [5, 5.41) is 17.0. The molecular weight excluding hydrogens is 384 g/mol. The number of aromatic nitrogens is 5. The Kier molecular flexibility index (Phi) is 5.07. The first-order chi connectivity index (χ1) is 14.2. The minimum atomic E-state index is -0.969. The average molecular weight is 410 g/mol. The van der Waals surface area contributed by atoms with Crippen LogP contribution in [-0.4, -0.2) is 48.0 Å². The third-order valence-corrected chi connectivity index (χ3v) is 5.07. The van der Waals surface area contributed by atoms with Crippen LogP contribution in [0.25, 0.3) is 11.4 Å². The number of hydrogen-bond acceptors (Lipinski definition) is 6. The van der Waals surface area contributed by atoms with Gasteiger partial charge in [-0.3, -0.25) is 9.48 Å². The van der Waals surface area contributed by atoms with Gasteiger partial charge in [-0.05, 0) is 39.3 Å². The summed E-state index contributed by atoms with van der Waals surface area (Å²) in [6.45, 7) is 5.74.